The molecule has 4 aromatic rings. The average molecular weight is 510 g/mol. The van der Waals surface area contributed by atoms with Crippen LogP contribution in [0.25, 0.3) is 16.9 Å². The van der Waals surface area contributed by atoms with Crippen LogP contribution in [0, 0.1) is 4.91 Å². The molecule has 15 heteroatoms. The molecule has 0 radical (unpaired) electrons. The Morgan fingerprint density at radius 3 is 2.19 bits per heavy atom. The standard InChI is InChI=1S/C21H16F6N8O/c22-20(23,24)12-7-11(8-13(9-12)21(25,26)27)15-10-17-30-5-6-35(17)19(32-15)31-4-3-29-16-2-1-14(34-36)18(28)33-16/h1-2,5-10H,3-4H2,(H,31,32)(H3,28,29,33). The largest absolute Gasteiger partial charge is 0.416 e. The van der Waals surface area contributed by atoms with Crippen LogP contribution in [0.15, 0.2) is 54.0 Å². The van der Waals surface area contributed by atoms with Crippen molar-refractivity contribution >= 4 is 28.9 Å². The van der Waals surface area contributed by atoms with E-state index in [0.717, 1.165) is 0 Å². The monoisotopic (exact) mass is 510 g/mol. The number of anilines is 3. The van der Waals surface area contributed by atoms with Crippen molar-refractivity contribution in [1.82, 2.24) is 19.4 Å². The molecule has 0 aliphatic rings. The van der Waals surface area contributed by atoms with E-state index in [1.54, 1.807) is 0 Å². The summed E-state index contributed by atoms with van der Waals surface area (Å²) in [6.07, 6.45) is -7.04. The number of alkyl halides is 6. The van der Waals surface area contributed by atoms with Crippen molar-refractivity contribution in [3.63, 3.8) is 0 Å². The van der Waals surface area contributed by atoms with Crippen molar-refractivity contribution in [2.24, 2.45) is 5.18 Å². The molecule has 9 nitrogen and oxygen atoms in total. The van der Waals surface area contributed by atoms with Crippen molar-refractivity contribution in [1.29, 1.82) is 0 Å². The first kappa shape index (κ1) is 24.7. The van der Waals surface area contributed by atoms with Gasteiger partial charge in [0.15, 0.2) is 5.82 Å². The molecule has 36 heavy (non-hydrogen) atoms. The molecule has 188 valence electrons. The predicted molar refractivity (Wildman–Crippen MR) is 120 cm³/mol. The maximum Gasteiger partial charge on any atom is 0.416 e. The van der Waals surface area contributed by atoms with Gasteiger partial charge in [0.1, 0.15) is 17.2 Å². The third-order valence-electron chi connectivity index (χ3n) is 4.99. The lowest BCUT2D eigenvalue weighted by Crippen LogP contribution is -2.17. The van der Waals surface area contributed by atoms with E-state index in [1.807, 2.05) is 0 Å². The molecule has 0 amide bonds. The normalized spacial score (nSPS) is 12.1. The number of nitrogen functional groups attached to an aromatic ring is 1. The highest BCUT2D eigenvalue weighted by atomic mass is 19.4. The summed E-state index contributed by atoms with van der Waals surface area (Å²) in [5.41, 5.74) is 2.46. The quantitative estimate of drug-likeness (QED) is 0.174. The van der Waals surface area contributed by atoms with Gasteiger partial charge in [0.2, 0.25) is 5.95 Å². The third kappa shape index (κ3) is 5.29. The summed E-state index contributed by atoms with van der Waals surface area (Å²) in [5.74, 6) is 0.442. The van der Waals surface area contributed by atoms with Crippen molar-refractivity contribution in [2.45, 2.75) is 12.4 Å². The lowest BCUT2D eigenvalue weighted by Gasteiger charge is -2.15. The Hall–Kier alpha value is -4.43. The van der Waals surface area contributed by atoms with E-state index in [-0.39, 0.29) is 53.5 Å². The van der Waals surface area contributed by atoms with Crippen LogP contribution in [-0.2, 0) is 12.4 Å². The topological polar surface area (TPSA) is 123 Å². The van der Waals surface area contributed by atoms with Gasteiger partial charge in [0, 0.05) is 37.1 Å². The molecule has 3 aromatic heterocycles. The third-order valence-corrected chi connectivity index (χ3v) is 4.99. The number of imidazole rings is 1. The summed E-state index contributed by atoms with van der Waals surface area (Å²) >= 11 is 0. The summed E-state index contributed by atoms with van der Waals surface area (Å²) in [7, 11) is 0. The van der Waals surface area contributed by atoms with Crippen LogP contribution < -0.4 is 16.4 Å². The van der Waals surface area contributed by atoms with Crippen LogP contribution in [0.5, 0.6) is 0 Å². The summed E-state index contributed by atoms with van der Waals surface area (Å²) in [6.45, 7) is 0.486. The zero-order valence-corrected chi connectivity index (χ0v) is 18.0. The average Bonchev–Trinajstić information content (AvgIpc) is 3.29. The number of nitrogens with two attached hydrogens (primary N) is 1. The van der Waals surface area contributed by atoms with Crippen LogP contribution >= 0.6 is 0 Å². The molecule has 3 heterocycles. The zero-order valence-electron chi connectivity index (χ0n) is 18.0. The number of nitrogens with one attached hydrogen (secondary N) is 2. The molecule has 0 saturated carbocycles. The van der Waals surface area contributed by atoms with Crippen molar-refractivity contribution in [3.05, 3.63) is 64.8 Å². The Morgan fingerprint density at radius 2 is 1.58 bits per heavy atom. The molecule has 1 aromatic carbocycles. The Morgan fingerprint density at radius 1 is 0.917 bits per heavy atom. The van der Waals surface area contributed by atoms with Gasteiger partial charge in [0.25, 0.3) is 0 Å². The van der Waals surface area contributed by atoms with E-state index >= 15 is 0 Å². The number of hydrogen-bond acceptors (Lipinski definition) is 8. The van der Waals surface area contributed by atoms with Crippen molar-refractivity contribution in [3.8, 4) is 11.3 Å². The minimum absolute atomic E-state index is 0.00883. The summed E-state index contributed by atoms with van der Waals surface area (Å²) in [5, 5.41) is 8.62. The van der Waals surface area contributed by atoms with Gasteiger partial charge in [-0.3, -0.25) is 4.40 Å². The van der Waals surface area contributed by atoms with E-state index in [9.17, 15) is 31.2 Å². The number of nitroso groups, excluding NO2 is 1. The Labute approximate surface area is 198 Å². The maximum atomic E-state index is 13.3. The molecule has 4 rings (SSSR count). The lowest BCUT2D eigenvalue weighted by atomic mass is 10.0. The van der Waals surface area contributed by atoms with E-state index in [1.165, 1.54) is 35.0 Å². The second kappa shape index (κ2) is 9.31. The number of benzene rings is 1. The maximum absolute atomic E-state index is 13.3. The van der Waals surface area contributed by atoms with Gasteiger partial charge in [-0.25, -0.2) is 15.0 Å². The van der Waals surface area contributed by atoms with Gasteiger partial charge in [-0.2, -0.15) is 26.3 Å². The number of hydrogen-bond donors (Lipinski definition) is 3. The molecular weight excluding hydrogens is 494 g/mol. The Bertz CT molecular complexity index is 1380. The number of aromatic nitrogens is 4. The van der Waals surface area contributed by atoms with Gasteiger partial charge >= 0.3 is 12.4 Å². The smallest absolute Gasteiger partial charge is 0.382 e. The highest BCUT2D eigenvalue weighted by molar-refractivity contribution is 5.68. The molecule has 0 atom stereocenters. The van der Waals surface area contributed by atoms with Crippen LogP contribution in [0.3, 0.4) is 0 Å². The van der Waals surface area contributed by atoms with Crippen molar-refractivity contribution < 1.29 is 26.3 Å². The first-order valence-electron chi connectivity index (χ1n) is 10.2. The van der Waals surface area contributed by atoms with Crippen LogP contribution in [0.2, 0.25) is 0 Å². The molecule has 0 unspecified atom stereocenters. The first-order chi connectivity index (χ1) is 17.0. The SMILES string of the molecule is Nc1nc(NCCNc2nc(-c3cc(C(F)(F)F)cc(C(F)(F)F)c3)cc3nccn23)ccc1N=O. The molecule has 0 bridgehead atoms. The minimum Gasteiger partial charge on any atom is -0.382 e. The van der Waals surface area contributed by atoms with Gasteiger partial charge in [-0.1, -0.05) is 0 Å². The number of nitrogens with zero attached hydrogens (tertiary/aromatic N) is 5. The second-order valence-corrected chi connectivity index (χ2v) is 7.46. The van der Waals surface area contributed by atoms with E-state index < -0.39 is 23.5 Å². The number of pyridine rings is 1. The van der Waals surface area contributed by atoms with Gasteiger partial charge < -0.3 is 16.4 Å². The summed E-state index contributed by atoms with van der Waals surface area (Å²) in [4.78, 5) is 22.9. The first-order valence-corrected chi connectivity index (χ1v) is 10.2. The van der Waals surface area contributed by atoms with Crippen LogP contribution in [0.1, 0.15) is 11.1 Å². The molecule has 0 spiro atoms. The van der Waals surface area contributed by atoms with Gasteiger partial charge in [0.05, 0.1) is 16.8 Å². The molecule has 0 aliphatic heterocycles. The lowest BCUT2D eigenvalue weighted by molar-refractivity contribution is -0.143. The highest BCUT2D eigenvalue weighted by Gasteiger charge is 2.37. The summed E-state index contributed by atoms with van der Waals surface area (Å²) < 4.78 is 81.2. The van der Waals surface area contributed by atoms with E-state index in [4.69, 9.17) is 5.73 Å². The highest BCUT2D eigenvalue weighted by Crippen LogP contribution is 2.38. The van der Waals surface area contributed by atoms with E-state index in [0.29, 0.717) is 18.0 Å². The minimum atomic E-state index is -4.99. The number of fused-ring (bicyclic) bond motifs is 1. The molecule has 0 aliphatic carbocycles. The predicted octanol–water partition coefficient (Wildman–Crippen LogP) is 5.33. The van der Waals surface area contributed by atoms with E-state index in [2.05, 4.69) is 30.8 Å². The molecular formula is C21H16F6N8O. The fourth-order valence-electron chi connectivity index (χ4n) is 3.31. The van der Waals surface area contributed by atoms with Crippen molar-refractivity contribution in [2.75, 3.05) is 29.5 Å². The van der Waals surface area contributed by atoms with Gasteiger partial charge in [-0.15, -0.1) is 4.91 Å². The number of halogens is 6. The second-order valence-electron chi connectivity index (χ2n) is 7.46. The fourth-order valence-corrected chi connectivity index (χ4v) is 3.31. The Balaban J connectivity index is 1.61. The molecule has 0 fully saturated rings. The summed E-state index contributed by atoms with van der Waals surface area (Å²) in [6, 6.07) is 5.43. The fraction of sp³-hybridized carbons (Fsp3) is 0.190. The van der Waals surface area contributed by atoms with Crippen LogP contribution in [0.4, 0.5) is 49.6 Å². The zero-order chi connectivity index (χ0) is 26.1. The van der Waals surface area contributed by atoms with Gasteiger partial charge in [-0.05, 0) is 35.5 Å². The molecule has 4 N–H and O–H groups in total. The van der Waals surface area contributed by atoms with Crippen LogP contribution in [-0.4, -0.2) is 32.4 Å². The Kier molecular flexibility index (Phi) is 6.39. The molecule has 0 saturated heterocycles. The number of rotatable bonds is 7.